The second-order valence-corrected chi connectivity index (χ2v) is 7.12. The van der Waals surface area contributed by atoms with Crippen LogP contribution in [-0.4, -0.2) is 38.5 Å². The van der Waals surface area contributed by atoms with E-state index in [2.05, 4.69) is 20.5 Å². The first-order valence-electron chi connectivity index (χ1n) is 8.68. The Hall–Kier alpha value is -3.26. The van der Waals surface area contributed by atoms with Crippen LogP contribution in [0, 0.1) is 0 Å². The maximum Gasteiger partial charge on any atom is 0.234 e. The molecule has 1 amide bonds. The summed E-state index contributed by atoms with van der Waals surface area (Å²) in [4.78, 5) is 15.5. The van der Waals surface area contributed by atoms with Gasteiger partial charge in [0.1, 0.15) is 5.75 Å². The lowest BCUT2D eigenvalue weighted by Gasteiger charge is -2.06. The number of carbonyl (C=O) groups is 1. The van der Waals surface area contributed by atoms with Crippen LogP contribution in [-0.2, 0) is 11.8 Å². The van der Waals surface area contributed by atoms with Gasteiger partial charge >= 0.3 is 0 Å². The number of benzene rings is 2. The number of aromatic amines is 1. The number of amides is 1. The Morgan fingerprint density at radius 1 is 1.18 bits per heavy atom. The van der Waals surface area contributed by atoms with Crippen LogP contribution in [0.25, 0.3) is 22.3 Å². The molecule has 2 heterocycles. The van der Waals surface area contributed by atoms with Crippen LogP contribution >= 0.6 is 11.8 Å². The molecule has 0 saturated carbocycles. The fourth-order valence-corrected chi connectivity index (χ4v) is 3.64. The van der Waals surface area contributed by atoms with Crippen molar-refractivity contribution in [3.8, 4) is 17.1 Å². The molecule has 2 aromatic carbocycles. The highest BCUT2D eigenvalue weighted by Gasteiger charge is 2.16. The highest BCUT2D eigenvalue weighted by atomic mass is 32.2. The van der Waals surface area contributed by atoms with Crippen molar-refractivity contribution in [3.05, 3.63) is 54.7 Å². The first-order valence-corrected chi connectivity index (χ1v) is 9.67. The first-order chi connectivity index (χ1) is 13.7. The van der Waals surface area contributed by atoms with Crippen molar-refractivity contribution in [2.75, 3.05) is 18.2 Å². The second kappa shape index (κ2) is 7.77. The summed E-state index contributed by atoms with van der Waals surface area (Å²) in [6.45, 7) is 0. The van der Waals surface area contributed by atoms with E-state index in [0.29, 0.717) is 5.16 Å². The number of carbonyl (C=O) groups excluding carboxylic acids is 1. The van der Waals surface area contributed by atoms with E-state index in [1.54, 1.807) is 31.4 Å². The van der Waals surface area contributed by atoms with Crippen molar-refractivity contribution in [1.29, 1.82) is 0 Å². The zero-order valence-electron chi connectivity index (χ0n) is 15.5. The maximum absolute atomic E-state index is 12.2. The normalized spacial score (nSPS) is 10.9. The number of nitrogens with one attached hydrogen (secondary N) is 2. The Balaban J connectivity index is 1.44. The van der Waals surface area contributed by atoms with E-state index in [4.69, 9.17) is 4.74 Å². The minimum absolute atomic E-state index is 0.105. The number of H-pyrrole nitrogens is 1. The number of methoxy groups -OCH3 is 1. The van der Waals surface area contributed by atoms with Crippen LogP contribution in [0.4, 0.5) is 5.69 Å². The predicted octanol–water partition coefficient (Wildman–Crippen LogP) is 3.70. The summed E-state index contributed by atoms with van der Waals surface area (Å²) >= 11 is 1.35. The largest absolute Gasteiger partial charge is 0.497 e. The molecular formula is C20H19N5O2S. The van der Waals surface area contributed by atoms with Gasteiger partial charge in [-0.2, -0.15) is 0 Å². The summed E-state index contributed by atoms with van der Waals surface area (Å²) in [5, 5.41) is 13.2. The molecule has 0 aliphatic heterocycles. The molecule has 0 unspecified atom stereocenters. The van der Waals surface area contributed by atoms with Crippen molar-refractivity contribution in [2.45, 2.75) is 5.16 Å². The Kier molecular flexibility index (Phi) is 5.03. The smallest absolute Gasteiger partial charge is 0.234 e. The summed E-state index contributed by atoms with van der Waals surface area (Å²) < 4.78 is 7.02. The Bertz CT molecular complexity index is 1120. The number of nitrogens with zero attached hydrogens (tertiary/aromatic N) is 3. The summed E-state index contributed by atoms with van der Waals surface area (Å²) in [5.41, 5.74) is 2.76. The zero-order chi connectivity index (χ0) is 19.5. The number of anilines is 1. The van der Waals surface area contributed by atoms with Gasteiger partial charge < -0.3 is 19.6 Å². The van der Waals surface area contributed by atoms with E-state index in [1.165, 1.54) is 11.8 Å². The number of ether oxygens (including phenoxy) is 1. The molecule has 2 N–H and O–H groups in total. The van der Waals surface area contributed by atoms with Crippen molar-refractivity contribution in [2.24, 2.45) is 7.05 Å². The van der Waals surface area contributed by atoms with Gasteiger partial charge in [-0.1, -0.05) is 30.0 Å². The van der Waals surface area contributed by atoms with Crippen LogP contribution in [0.15, 0.2) is 59.9 Å². The molecule has 4 rings (SSSR count). The van der Waals surface area contributed by atoms with Gasteiger partial charge in [0.2, 0.25) is 5.91 Å². The molecule has 0 saturated heterocycles. The van der Waals surface area contributed by atoms with Crippen LogP contribution in [0.1, 0.15) is 0 Å². The topological polar surface area (TPSA) is 84.8 Å². The van der Waals surface area contributed by atoms with Crippen molar-refractivity contribution >= 4 is 34.3 Å². The lowest BCUT2D eigenvalue weighted by molar-refractivity contribution is -0.113. The Labute approximate surface area is 166 Å². The van der Waals surface area contributed by atoms with E-state index in [-0.39, 0.29) is 11.7 Å². The molecule has 28 heavy (non-hydrogen) atoms. The van der Waals surface area contributed by atoms with Crippen molar-refractivity contribution in [3.63, 3.8) is 0 Å². The van der Waals surface area contributed by atoms with Crippen LogP contribution in [0.5, 0.6) is 5.75 Å². The molecule has 142 valence electrons. The van der Waals surface area contributed by atoms with Gasteiger partial charge in [-0.05, 0) is 30.3 Å². The third-order valence-corrected chi connectivity index (χ3v) is 5.39. The number of hydrogen-bond donors (Lipinski definition) is 2. The van der Waals surface area contributed by atoms with Gasteiger partial charge in [0.25, 0.3) is 0 Å². The SMILES string of the molecule is COc1ccc(NC(=O)CSc2nnc(-c3c[nH]c4ccccc34)n2C)cc1. The van der Waals surface area contributed by atoms with E-state index in [1.807, 2.05) is 42.1 Å². The quantitative estimate of drug-likeness (QED) is 0.488. The van der Waals surface area contributed by atoms with Gasteiger partial charge in [0, 0.05) is 35.4 Å². The number of fused-ring (bicyclic) bond motifs is 1. The number of hydrogen-bond acceptors (Lipinski definition) is 5. The highest BCUT2D eigenvalue weighted by Crippen LogP contribution is 2.29. The van der Waals surface area contributed by atoms with E-state index in [0.717, 1.165) is 33.7 Å². The standard InChI is InChI=1S/C20H19N5O2S/c1-25-19(16-11-21-17-6-4-3-5-15(16)17)23-24-20(25)28-12-18(26)22-13-7-9-14(27-2)10-8-13/h3-11,21H,12H2,1-2H3,(H,22,26). The number of aromatic nitrogens is 4. The fourth-order valence-electron chi connectivity index (χ4n) is 2.93. The summed E-state index contributed by atoms with van der Waals surface area (Å²) in [6, 6.07) is 15.3. The number of para-hydroxylation sites is 1. The average molecular weight is 393 g/mol. The molecule has 0 bridgehead atoms. The fraction of sp³-hybridized carbons (Fsp3) is 0.150. The van der Waals surface area contributed by atoms with Crippen molar-refractivity contribution in [1.82, 2.24) is 19.7 Å². The van der Waals surface area contributed by atoms with Crippen LogP contribution in [0.2, 0.25) is 0 Å². The molecule has 0 spiro atoms. The molecule has 0 aliphatic carbocycles. The monoisotopic (exact) mass is 393 g/mol. The Morgan fingerprint density at radius 3 is 2.75 bits per heavy atom. The van der Waals surface area contributed by atoms with E-state index < -0.39 is 0 Å². The number of rotatable bonds is 6. The molecular weight excluding hydrogens is 374 g/mol. The van der Waals surface area contributed by atoms with Gasteiger partial charge in [0.05, 0.1) is 12.9 Å². The molecule has 4 aromatic rings. The lowest BCUT2D eigenvalue weighted by atomic mass is 10.1. The van der Waals surface area contributed by atoms with Gasteiger partial charge in [-0.3, -0.25) is 4.79 Å². The molecule has 7 nitrogen and oxygen atoms in total. The first kappa shape index (κ1) is 18.1. The summed E-state index contributed by atoms with van der Waals surface area (Å²) in [5.74, 6) is 1.64. The van der Waals surface area contributed by atoms with Gasteiger partial charge in [-0.25, -0.2) is 0 Å². The molecule has 0 atom stereocenters. The molecule has 8 heteroatoms. The average Bonchev–Trinajstić information content (AvgIpc) is 3.30. The number of thioether (sulfide) groups is 1. The maximum atomic E-state index is 12.2. The summed E-state index contributed by atoms with van der Waals surface area (Å²) in [7, 11) is 3.51. The third kappa shape index (κ3) is 3.59. The third-order valence-electron chi connectivity index (χ3n) is 4.37. The van der Waals surface area contributed by atoms with Crippen molar-refractivity contribution < 1.29 is 9.53 Å². The molecule has 0 aliphatic rings. The molecule has 0 fully saturated rings. The highest BCUT2D eigenvalue weighted by molar-refractivity contribution is 7.99. The van der Waals surface area contributed by atoms with Crippen LogP contribution in [0.3, 0.4) is 0 Å². The Morgan fingerprint density at radius 2 is 1.96 bits per heavy atom. The minimum atomic E-state index is -0.105. The van der Waals surface area contributed by atoms with E-state index >= 15 is 0 Å². The molecule has 2 aromatic heterocycles. The molecule has 0 radical (unpaired) electrons. The van der Waals surface area contributed by atoms with Gasteiger partial charge in [-0.15, -0.1) is 10.2 Å². The minimum Gasteiger partial charge on any atom is -0.497 e. The second-order valence-electron chi connectivity index (χ2n) is 6.18. The summed E-state index contributed by atoms with van der Waals surface area (Å²) in [6.07, 6.45) is 1.93. The van der Waals surface area contributed by atoms with Crippen LogP contribution < -0.4 is 10.1 Å². The van der Waals surface area contributed by atoms with E-state index in [9.17, 15) is 4.79 Å². The van der Waals surface area contributed by atoms with Gasteiger partial charge in [0.15, 0.2) is 11.0 Å². The zero-order valence-corrected chi connectivity index (χ0v) is 16.3. The predicted molar refractivity (Wildman–Crippen MR) is 111 cm³/mol. The lowest BCUT2D eigenvalue weighted by Crippen LogP contribution is -2.14.